The van der Waals surface area contributed by atoms with Gasteiger partial charge in [-0.05, 0) is 37.1 Å². The van der Waals surface area contributed by atoms with Gasteiger partial charge in [-0.15, -0.1) is 0 Å². The lowest BCUT2D eigenvalue weighted by molar-refractivity contribution is 0.524. The summed E-state index contributed by atoms with van der Waals surface area (Å²) in [5.41, 5.74) is 1.36. The van der Waals surface area contributed by atoms with E-state index in [2.05, 4.69) is 4.98 Å². The molecule has 4 nitrogen and oxygen atoms in total. The molecule has 0 aliphatic heterocycles. The predicted octanol–water partition coefficient (Wildman–Crippen LogP) is 3.24. The first kappa shape index (κ1) is 14.8. The third-order valence-corrected chi connectivity index (χ3v) is 4.19. The van der Waals surface area contributed by atoms with Crippen LogP contribution in [-0.4, -0.2) is 14.3 Å². The summed E-state index contributed by atoms with van der Waals surface area (Å²) in [5, 5.41) is 0. The number of halogens is 2. The van der Waals surface area contributed by atoms with E-state index >= 15 is 0 Å². The fourth-order valence-corrected chi connectivity index (χ4v) is 2.91. The topological polar surface area (TPSA) is 39.8 Å². The van der Waals surface area contributed by atoms with E-state index in [1.54, 1.807) is 16.9 Å². The highest BCUT2D eigenvalue weighted by Gasteiger charge is 2.30. The first-order valence-electron chi connectivity index (χ1n) is 7.81. The van der Waals surface area contributed by atoms with Crippen molar-refractivity contribution in [3.05, 3.63) is 82.0 Å². The van der Waals surface area contributed by atoms with Gasteiger partial charge in [-0.25, -0.2) is 13.5 Å². The molecule has 0 radical (unpaired) electrons. The number of pyridine rings is 1. The summed E-state index contributed by atoms with van der Waals surface area (Å²) in [5.74, 6) is -1.12. The molecular formula is C18H15F2N3O. The number of hydrogen-bond donors (Lipinski definition) is 0. The van der Waals surface area contributed by atoms with Gasteiger partial charge in [0.25, 0.3) is 5.56 Å². The van der Waals surface area contributed by atoms with Crippen LogP contribution in [0.25, 0.3) is 5.69 Å². The Kier molecular flexibility index (Phi) is 3.52. The first-order chi connectivity index (χ1) is 11.6. The van der Waals surface area contributed by atoms with Crippen molar-refractivity contribution >= 4 is 0 Å². The van der Waals surface area contributed by atoms with Gasteiger partial charge in [0.2, 0.25) is 0 Å². The molecule has 0 amide bonds. The SMILES string of the molecule is O=c1cc(C2CC2)n(Cc2ccccn2)n1-c1ccc(F)cc1F. The van der Waals surface area contributed by atoms with Gasteiger partial charge in [0.1, 0.15) is 11.5 Å². The lowest BCUT2D eigenvalue weighted by Gasteiger charge is -2.15. The minimum atomic E-state index is -0.764. The van der Waals surface area contributed by atoms with Gasteiger partial charge in [-0.3, -0.25) is 14.5 Å². The van der Waals surface area contributed by atoms with E-state index in [4.69, 9.17) is 0 Å². The average molecular weight is 327 g/mol. The number of aromatic nitrogens is 3. The molecule has 24 heavy (non-hydrogen) atoms. The zero-order valence-electron chi connectivity index (χ0n) is 12.8. The molecule has 1 aromatic carbocycles. The Morgan fingerprint density at radius 1 is 1.12 bits per heavy atom. The Morgan fingerprint density at radius 3 is 2.62 bits per heavy atom. The second-order valence-corrected chi connectivity index (χ2v) is 5.97. The van der Waals surface area contributed by atoms with Crippen LogP contribution in [0.15, 0.2) is 53.5 Å². The zero-order chi connectivity index (χ0) is 16.7. The van der Waals surface area contributed by atoms with Crippen molar-refractivity contribution in [2.45, 2.75) is 25.3 Å². The summed E-state index contributed by atoms with van der Waals surface area (Å²) < 4.78 is 30.5. The van der Waals surface area contributed by atoms with Crippen molar-refractivity contribution < 1.29 is 8.78 Å². The quantitative estimate of drug-likeness (QED) is 0.738. The molecule has 6 heteroatoms. The van der Waals surface area contributed by atoms with Gasteiger partial charge in [0.15, 0.2) is 5.82 Å². The highest BCUT2D eigenvalue weighted by Crippen LogP contribution is 2.40. The Morgan fingerprint density at radius 2 is 1.96 bits per heavy atom. The van der Waals surface area contributed by atoms with Gasteiger partial charge in [0, 0.05) is 29.9 Å². The molecule has 0 spiro atoms. The van der Waals surface area contributed by atoms with Crippen LogP contribution in [0.1, 0.15) is 30.1 Å². The van der Waals surface area contributed by atoms with Crippen molar-refractivity contribution in [2.75, 3.05) is 0 Å². The van der Waals surface area contributed by atoms with E-state index in [-0.39, 0.29) is 11.2 Å². The van der Waals surface area contributed by atoms with Crippen LogP contribution < -0.4 is 5.56 Å². The molecule has 1 fully saturated rings. The number of rotatable bonds is 4. The van der Waals surface area contributed by atoms with Crippen LogP contribution >= 0.6 is 0 Å². The Hall–Kier alpha value is -2.76. The smallest absolute Gasteiger partial charge is 0.271 e. The van der Waals surface area contributed by atoms with E-state index < -0.39 is 11.6 Å². The predicted molar refractivity (Wildman–Crippen MR) is 85.3 cm³/mol. The molecule has 1 aliphatic carbocycles. The molecule has 1 aliphatic rings. The van der Waals surface area contributed by atoms with Crippen LogP contribution in [0.4, 0.5) is 8.78 Å². The van der Waals surface area contributed by atoms with Crippen molar-refractivity contribution in [3.8, 4) is 5.69 Å². The molecule has 2 aromatic heterocycles. The number of nitrogens with zero attached hydrogens (tertiary/aromatic N) is 3. The maximum Gasteiger partial charge on any atom is 0.271 e. The molecule has 1 saturated carbocycles. The summed E-state index contributed by atoms with van der Waals surface area (Å²) in [7, 11) is 0. The third kappa shape index (κ3) is 2.64. The maximum atomic E-state index is 14.2. The summed E-state index contributed by atoms with van der Waals surface area (Å²) in [6, 6.07) is 10.3. The van der Waals surface area contributed by atoms with Crippen LogP contribution in [0.2, 0.25) is 0 Å². The van der Waals surface area contributed by atoms with E-state index in [1.165, 1.54) is 10.7 Å². The Labute approximate surface area is 137 Å². The summed E-state index contributed by atoms with van der Waals surface area (Å²) >= 11 is 0. The van der Waals surface area contributed by atoms with Crippen molar-refractivity contribution in [1.82, 2.24) is 14.3 Å². The standard InChI is InChI=1S/C18H15F2N3O/c19-13-6-7-16(15(20)9-13)23-18(24)10-17(12-4-5-12)22(23)11-14-3-1-2-8-21-14/h1-3,6-10,12H,4-5,11H2. The third-order valence-electron chi connectivity index (χ3n) is 4.19. The van der Waals surface area contributed by atoms with E-state index in [0.717, 1.165) is 36.4 Å². The molecule has 0 bridgehead atoms. The van der Waals surface area contributed by atoms with Crippen LogP contribution in [0.3, 0.4) is 0 Å². The van der Waals surface area contributed by atoms with Crippen molar-refractivity contribution in [1.29, 1.82) is 0 Å². The highest BCUT2D eigenvalue weighted by atomic mass is 19.1. The summed E-state index contributed by atoms with van der Waals surface area (Å²) in [6.45, 7) is 0.353. The lowest BCUT2D eigenvalue weighted by atomic mass is 10.3. The molecular weight excluding hydrogens is 312 g/mol. The van der Waals surface area contributed by atoms with Gasteiger partial charge in [-0.1, -0.05) is 6.07 Å². The zero-order valence-corrected chi connectivity index (χ0v) is 12.8. The molecule has 0 N–H and O–H groups in total. The average Bonchev–Trinajstić information content (AvgIpc) is 3.35. The molecule has 3 aromatic rings. The molecule has 122 valence electrons. The highest BCUT2D eigenvalue weighted by molar-refractivity contribution is 5.34. The molecule has 4 rings (SSSR count). The van der Waals surface area contributed by atoms with Crippen molar-refractivity contribution in [3.63, 3.8) is 0 Å². The van der Waals surface area contributed by atoms with Crippen molar-refractivity contribution in [2.24, 2.45) is 0 Å². The number of benzene rings is 1. The monoisotopic (exact) mass is 327 g/mol. The Balaban J connectivity index is 1.88. The number of hydrogen-bond acceptors (Lipinski definition) is 2. The molecule has 0 atom stereocenters. The van der Waals surface area contributed by atoms with Gasteiger partial charge < -0.3 is 0 Å². The molecule has 0 unspecified atom stereocenters. The second kappa shape index (κ2) is 5.70. The maximum absolute atomic E-state index is 14.2. The minimum Gasteiger partial charge on any atom is -0.276 e. The van der Waals surface area contributed by atoms with Crippen LogP contribution in [0, 0.1) is 11.6 Å². The summed E-state index contributed by atoms with van der Waals surface area (Å²) in [6.07, 6.45) is 3.70. The minimum absolute atomic E-state index is 0.0456. The largest absolute Gasteiger partial charge is 0.276 e. The van der Waals surface area contributed by atoms with Gasteiger partial charge in [-0.2, -0.15) is 0 Å². The lowest BCUT2D eigenvalue weighted by Crippen LogP contribution is -2.23. The van der Waals surface area contributed by atoms with Crippen LogP contribution in [0.5, 0.6) is 0 Å². The Bertz CT molecular complexity index is 943. The fraction of sp³-hybridized carbons (Fsp3) is 0.222. The fourth-order valence-electron chi connectivity index (χ4n) is 2.91. The van der Waals surface area contributed by atoms with E-state index in [9.17, 15) is 13.6 Å². The second-order valence-electron chi connectivity index (χ2n) is 5.97. The van der Waals surface area contributed by atoms with Gasteiger partial charge in [0.05, 0.1) is 12.2 Å². The summed E-state index contributed by atoms with van der Waals surface area (Å²) in [4.78, 5) is 16.8. The molecule has 2 heterocycles. The first-order valence-corrected chi connectivity index (χ1v) is 7.81. The van der Waals surface area contributed by atoms with Gasteiger partial charge >= 0.3 is 0 Å². The van der Waals surface area contributed by atoms with E-state index in [1.807, 2.05) is 18.2 Å². The van der Waals surface area contributed by atoms with E-state index in [0.29, 0.717) is 12.5 Å². The van der Waals surface area contributed by atoms with Crippen LogP contribution in [-0.2, 0) is 6.54 Å². The normalized spacial score (nSPS) is 14.1. The molecule has 0 saturated heterocycles.